The molecule has 0 aromatic carbocycles. The molecule has 5 unspecified atom stereocenters. The van der Waals surface area contributed by atoms with Gasteiger partial charge in [0.25, 0.3) is 0 Å². The van der Waals surface area contributed by atoms with Gasteiger partial charge >= 0.3 is 11.9 Å². The summed E-state index contributed by atoms with van der Waals surface area (Å²) in [4.78, 5) is 59.2. The van der Waals surface area contributed by atoms with Crippen LogP contribution in [-0.2, 0) is 24.0 Å². The van der Waals surface area contributed by atoms with Crippen LogP contribution in [0.2, 0.25) is 0 Å². The van der Waals surface area contributed by atoms with E-state index in [-0.39, 0.29) is 17.9 Å². The lowest BCUT2D eigenvalue weighted by Gasteiger charge is -2.27. The molecule has 29 heavy (non-hydrogen) atoms. The first-order chi connectivity index (χ1) is 13.6. The van der Waals surface area contributed by atoms with Crippen molar-refractivity contribution in [2.45, 2.75) is 70.6 Å². The molecule has 0 aromatic heterocycles. The number of carbonyl (C=O) groups excluding carboxylic acids is 3. The van der Waals surface area contributed by atoms with Gasteiger partial charge in [-0.25, -0.2) is 4.79 Å². The van der Waals surface area contributed by atoms with Crippen molar-refractivity contribution in [2.75, 3.05) is 6.54 Å². The lowest BCUT2D eigenvalue weighted by atomic mass is 9.97. The Balaban J connectivity index is 2.76. The molecule has 5 atom stereocenters. The van der Waals surface area contributed by atoms with Crippen molar-refractivity contribution < 1.29 is 34.2 Å². The summed E-state index contributed by atoms with van der Waals surface area (Å²) >= 11 is 0. The number of carbonyl (C=O) groups is 5. The topological polar surface area (TPSA) is 174 Å². The molecule has 0 saturated carbocycles. The normalized spacial score (nSPS) is 20.0. The third kappa shape index (κ3) is 7.68. The molecule has 1 aliphatic rings. The Morgan fingerprint density at radius 1 is 1.03 bits per heavy atom. The third-order valence-electron chi connectivity index (χ3n) is 4.92. The van der Waals surface area contributed by atoms with Crippen LogP contribution in [0.1, 0.15) is 46.5 Å². The maximum absolute atomic E-state index is 12.5. The van der Waals surface area contributed by atoms with Gasteiger partial charge in [-0.3, -0.25) is 19.2 Å². The first-order valence-electron chi connectivity index (χ1n) is 9.65. The molecule has 0 aliphatic carbocycles. The number of carboxylic acids is 2. The SMILES string of the molecule is CCC(C)C(NC(=O)C(C)NC(=O)C1CCCN1)C(=O)NC(CC(=O)O)C(=O)O. The molecule has 1 rings (SSSR count). The molecular weight excluding hydrogens is 384 g/mol. The maximum atomic E-state index is 12.5. The number of hydrogen-bond acceptors (Lipinski definition) is 6. The summed E-state index contributed by atoms with van der Waals surface area (Å²) in [7, 11) is 0. The molecule has 11 heteroatoms. The molecule has 1 aliphatic heterocycles. The minimum Gasteiger partial charge on any atom is -0.481 e. The molecule has 3 amide bonds. The number of aliphatic carboxylic acids is 2. The molecule has 164 valence electrons. The van der Waals surface area contributed by atoms with E-state index < -0.39 is 48.3 Å². The van der Waals surface area contributed by atoms with Crippen molar-refractivity contribution >= 4 is 29.7 Å². The summed E-state index contributed by atoms with van der Waals surface area (Å²) < 4.78 is 0. The van der Waals surface area contributed by atoms with E-state index in [4.69, 9.17) is 10.2 Å². The van der Waals surface area contributed by atoms with Gasteiger partial charge in [0, 0.05) is 0 Å². The fourth-order valence-electron chi connectivity index (χ4n) is 2.90. The van der Waals surface area contributed by atoms with Crippen LogP contribution in [0.25, 0.3) is 0 Å². The van der Waals surface area contributed by atoms with E-state index in [0.717, 1.165) is 13.0 Å². The lowest BCUT2D eigenvalue weighted by Crippen LogP contribution is -2.58. The van der Waals surface area contributed by atoms with Gasteiger partial charge < -0.3 is 31.5 Å². The van der Waals surface area contributed by atoms with E-state index in [2.05, 4.69) is 21.3 Å². The zero-order valence-corrected chi connectivity index (χ0v) is 16.9. The molecule has 11 nitrogen and oxygen atoms in total. The van der Waals surface area contributed by atoms with Crippen LogP contribution in [0, 0.1) is 5.92 Å². The van der Waals surface area contributed by atoms with Crippen molar-refractivity contribution in [1.29, 1.82) is 0 Å². The van der Waals surface area contributed by atoms with Crippen molar-refractivity contribution in [2.24, 2.45) is 5.92 Å². The highest BCUT2D eigenvalue weighted by atomic mass is 16.4. The van der Waals surface area contributed by atoms with E-state index in [1.807, 2.05) is 0 Å². The van der Waals surface area contributed by atoms with E-state index in [9.17, 15) is 24.0 Å². The molecular formula is C18H30N4O7. The van der Waals surface area contributed by atoms with Crippen LogP contribution in [0.3, 0.4) is 0 Å². The second-order valence-electron chi connectivity index (χ2n) is 7.25. The van der Waals surface area contributed by atoms with Gasteiger partial charge in [-0.15, -0.1) is 0 Å². The summed E-state index contributed by atoms with van der Waals surface area (Å²) in [5.74, 6) is -4.91. The van der Waals surface area contributed by atoms with Gasteiger partial charge in [0.2, 0.25) is 17.7 Å². The first kappa shape index (κ1) is 24.3. The predicted octanol–water partition coefficient (Wildman–Crippen LogP) is -1.18. The number of amides is 3. The Bertz CT molecular complexity index is 634. The first-order valence-corrected chi connectivity index (χ1v) is 9.65. The highest BCUT2D eigenvalue weighted by Gasteiger charge is 2.32. The summed E-state index contributed by atoms with van der Waals surface area (Å²) in [6.07, 6.45) is 1.26. The molecule has 1 fully saturated rings. The highest BCUT2D eigenvalue weighted by molar-refractivity contribution is 5.94. The van der Waals surface area contributed by atoms with Gasteiger partial charge in [0.15, 0.2) is 0 Å². The van der Waals surface area contributed by atoms with Crippen LogP contribution in [0.15, 0.2) is 0 Å². The molecule has 0 spiro atoms. The Morgan fingerprint density at radius 3 is 2.17 bits per heavy atom. The summed E-state index contributed by atoms with van der Waals surface area (Å²) in [5, 5.41) is 28.2. The average Bonchev–Trinajstić information content (AvgIpc) is 3.18. The van der Waals surface area contributed by atoms with Gasteiger partial charge in [-0.05, 0) is 32.2 Å². The summed E-state index contributed by atoms with van der Waals surface area (Å²) in [5.41, 5.74) is 0. The van der Waals surface area contributed by atoms with Crippen LogP contribution >= 0.6 is 0 Å². The second kappa shape index (κ2) is 11.3. The smallest absolute Gasteiger partial charge is 0.326 e. The monoisotopic (exact) mass is 414 g/mol. The maximum Gasteiger partial charge on any atom is 0.326 e. The van der Waals surface area contributed by atoms with Gasteiger partial charge in [0.1, 0.15) is 18.1 Å². The number of carboxylic acid groups (broad SMARTS) is 2. The fraction of sp³-hybridized carbons (Fsp3) is 0.722. The van der Waals surface area contributed by atoms with E-state index in [1.54, 1.807) is 13.8 Å². The number of rotatable bonds is 11. The second-order valence-corrected chi connectivity index (χ2v) is 7.25. The molecule has 1 saturated heterocycles. The predicted molar refractivity (Wildman–Crippen MR) is 102 cm³/mol. The van der Waals surface area contributed by atoms with Crippen molar-refractivity contribution in [1.82, 2.24) is 21.3 Å². The minimum absolute atomic E-state index is 0.304. The van der Waals surface area contributed by atoms with Crippen molar-refractivity contribution in [3.05, 3.63) is 0 Å². The standard InChI is InChI=1S/C18H30N4O7/c1-4-9(2)14(17(27)21-12(18(28)29)8-13(23)24)22-15(25)10(3)20-16(26)11-6-5-7-19-11/h9-12,14,19H,4-8H2,1-3H3,(H,20,26)(H,21,27)(H,22,25)(H,23,24)(H,28,29). The Kier molecular flexibility index (Phi) is 9.53. The lowest BCUT2D eigenvalue weighted by molar-refractivity contribution is -0.147. The Morgan fingerprint density at radius 2 is 1.69 bits per heavy atom. The zero-order valence-electron chi connectivity index (χ0n) is 16.9. The Labute approximate surface area is 169 Å². The summed E-state index contributed by atoms with van der Waals surface area (Å²) in [6, 6.07) is -3.95. The quantitative estimate of drug-likeness (QED) is 0.245. The van der Waals surface area contributed by atoms with Crippen LogP contribution in [0.5, 0.6) is 0 Å². The van der Waals surface area contributed by atoms with E-state index in [1.165, 1.54) is 6.92 Å². The number of nitrogens with one attached hydrogen (secondary N) is 4. The molecule has 0 bridgehead atoms. The van der Waals surface area contributed by atoms with Crippen LogP contribution < -0.4 is 21.3 Å². The summed E-state index contributed by atoms with van der Waals surface area (Å²) in [6.45, 7) is 5.71. The molecule has 1 heterocycles. The highest BCUT2D eigenvalue weighted by Crippen LogP contribution is 2.10. The molecule has 0 aromatic rings. The van der Waals surface area contributed by atoms with Crippen LogP contribution in [-0.4, -0.2) is 70.6 Å². The Hall–Kier alpha value is -2.69. The fourth-order valence-corrected chi connectivity index (χ4v) is 2.90. The van der Waals surface area contributed by atoms with Crippen LogP contribution in [0.4, 0.5) is 0 Å². The number of hydrogen-bond donors (Lipinski definition) is 6. The van der Waals surface area contributed by atoms with Crippen molar-refractivity contribution in [3.8, 4) is 0 Å². The zero-order chi connectivity index (χ0) is 22.1. The average molecular weight is 414 g/mol. The molecule has 6 N–H and O–H groups in total. The van der Waals surface area contributed by atoms with Gasteiger partial charge in [-0.2, -0.15) is 0 Å². The van der Waals surface area contributed by atoms with Crippen molar-refractivity contribution in [3.63, 3.8) is 0 Å². The minimum atomic E-state index is -1.62. The largest absolute Gasteiger partial charge is 0.481 e. The van der Waals surface area contributed by atoms with Gasteiger partial charge in [-0.1, -0.05) is 20.3 Å². The van der Waals surface area contributed by atoms with E-state index >= 15 is 0 Å². The van der Waals surface area contributed by atoms with Gasteiger partial charge in [0.05, 0.1) is 12.5 Å². The third-order valence-corrected chi connectivity index (χ3v) is 4.92. The molecule has 0 radical (unpaired) electrons. The van der Waals surface area contributed by atoms with E-state index in [0.29, 0.717) is 12.8 Å².